The van der Waals surface area contributed by atoms with Crippen LogP contribution in [0.25, 0.3) is 0 Å². The number of ether oxygens (including phenoxy) is 3. The van der Waals surface area contributed by atoms with E-state index in [-0.39, 0.29) is 18.0 Å². The van der Waals surface area contributed by atoms with Crippen molar-refractivity contribution in [1.82, 2.24) is 15.0 Å². The van der Waals surface area contributed by atoms with Crippen LogP contribution in [0, 0.1) is 0 Å². The Bertz CT molecular complexity index is 1230. The molecule has 0 N–H and O–H groups in total. The van der Waals surface area contributed by atoms with Crippen LogP contribution in [0.3, 0.4) is 0 Å². The van der Waals surface area contributed by atoms with Crippen LogP contribution in [-0.2, 0) is 6.42 Å². The third kappa shape index (κ3) is 6.81. The minimum absolute atomic E-state index is 0.0978. The van der Waals surface area contributed by atoms with Crippen LogP contribution >= 0.6 is 0 Å². The Morgan fingerprint density at radius 3 is 1.42 bits per heavy atom. The fourth-order valence-electron chi connectivity index (χ4n) is 3.70. The molecule has 186 valence electrons. The van der Waals surface area contributed by atoms with Crippen molar-refractivity contribution in [1.29, 1.82) is 0 Å². The Balaban J connectivity index is 1.66. The van der Waals surface area contributed by atoms with Crippen molar-refractivity contribution in [3.63, 3.8) is 0 Å². The van der Waals surface area contributed by atoms with Gasteiger partial charge in [-0.1, -0.05) is 77.4 Å². The number of aromatic nitrogens is 3. The lowest BCUT2D eigenvalue weighted by Crippen LogP contribution is -2.02. The van der Waals surface area contributed by atoms with Gasteiger partial charge in [-0.05, 0) is 71.3 Å². The maximum atomic E-state index is 6.03. The first-order valence-corrected chi connectivity index (χ1v) is 12.5. The Morgan fingerprint density at radius 2 is 1.00 bits per heavy atom. The summed E-state index contributed by atoms with van der Waals surface area (Å²) in [5.41, 5.74) is 3.51. The predicted octanol–water partition coefficient (Wildman–Crippen LogP) is 8.45. The summed E-state index contributed by atoms with van der Waals surface area (Å²) in [7, 11) is 0. The van der Waals surface area contributed by atoms with Gasteiger partial charge in [-0.2, -0.15) is 0 Å². The molecular formula is C30H33N3O3. The third-order valence-electron chi connectivity index (χ3n) is 5.69. The topological polar surface area (TPSA) is 66.4 Å². The van der Waals surface area contributed by atoms with E-state index in [4.69, 9.17) is 14.2 Å². The van der Waals surface area contributed by atoms with Crippen LogP contribution < -0.4 is 14.2 Å². The highest BCUT2D eigenvalue weighted by molar-refractivity contribution is 5.35. The second kappa shape index (κ2) is 11.7. The Hall–Kier alpha value is -3.93. The predicted molar refractivity (Wildman–Crippen MR) is 142 cm³/mol. The maximum absolute atomic E-state index is 6.03. The summed E-state index contributed by atoms with van der Waals surface area (Å²) in [5.74, 6) is 2.65. The van der Waals surface area contributed by atoms with Gasteiger partial charge in [-0.25, -0.2) is 0 Å². The summed E-state index contributed by atoms with van der Waals surface area (Å²) in [6.45, 7) is 10.7. The molecule has 0 aliphatic heterocycles. The van der Waals surface area contributed by atoms with Crippen LogP contribution in [0.15, 0.2) is 72.8 Å². The normalized spacial score (nSPS) is 11.1. The Kier molecular flexibility index (Phi) is 8.16. The average Bonchev–Trinajstić information content (AvgIpc) is 2.84. The zero-order valence-corrected chi connectivity index (χ0v) is 21.6. The molecule has 1 aromatic heterocycles. The van der Waals surface area contributed by atoms with E-state index >= 15 is 0 Å². The summed E-state index contributed by atoms with van der Waals surface area (Å²) in [6, 6.07) is 24.0. The van der Waals surface area contributed by atoms with Gasteiger partial charge >= 0.3 is 18.0 Å². The second-order valence-corrected chi connectivity index (χ2v) is 9.34. The molecule has 0 fully saturated rings. The van der Waals surface area contributed by atoms with Gasteiger partial charge in [0.15, 0.2) is 0 Å². The molecule has 0 aliphatic rings. The molecule has 36 heavy (non-hydrogen) atoms. The minimum atomic E-state index is 0.0978. The first kappa shape index (κ1) is 25.2. The summed E-state index contributed by atoms with van der Waals surface area (Å²) in [5, 5.41) is 0. The number of aryl methyl sites for hydroxylation is 1. The van der Waals surface area contributed by atoms with Crippen molar-refractivity contribution < 1.29 is 14.2 Å². The highest BCUT2D eigenvalue weighted by Crippen LogP contribution is 2.29. The van der Waals surface area contributed by atoms with Gasteiger partial charge in [0.05, 0.1) is 0 Å². The number of hydrogen-bond donors (Lipinski definition) is 0. The van der Waals surface area contributed by atoms with E-state index < -0.39 is 0 Å². The largest absolute Gasteiger partial charge is 0.424 e. The molecule has 0 atom stereocenters. The molecule has 0 saturated heterocycles. The molecule has 0 saturated carbocycles. The molecule has 0 radical (unpaired) electrons. The molecule has 1 heterocycles. The molecule has 0 unspecified atom stereocenters. The Labute approximate surface area is 213 Å². The third-order valence-corrected chi connectivity index (χ3v) is 5.69. The smallest absolute Gasteiger partial charge is 0.331 e. The molecule has 4 rings (SSSR count). The lowest BCUT2D eigenvalue weighted by Gasteiger charge is -2.12. The molecule has 6 nitrogen and oxygen atoms in total. The van der Waals surface area contributed by atoms with E-state index in [2.05, 4.69) is 67.8 Å². The summed E-state index contributed by atoms with van der Waals surface area (Å²) < 4.78 is 18.1. The molecule has 0 spiro atoms. The van der Waals surface area contributed by atoms with E-state index in [1.165, 1.54) is 5.56 Å². The van der Waals surface area contributed by atoms with Gasteiger partial charge in [0.25, 0.3) is 0 Å². The average molecular weight is 484 g/mol. The number of hydrogen-bond acceptors (Lipinski definition) is 6. The van der Waals surface area contributed by atoms with Crippen molar-refractivity contribution in [3.8, 4) is 35.3 Å². The van der Waals surface area contributed by atoms with Gasteiger partial charge in [0.1, 0.15) is 17.2 Å². The molecule has 0 amide bonds. The van der Waals surface area contributed by atoms with Crippen LogP contribution in [0.4, 0.5) is 0 Å². The molecular weight excluding hydrogens is 450 g/mol. The second-order valence-electron chi connectivity index (χ2n) is 9.34. The number of rotatable bonds is 10. The SMILES string of the molecule is CCCc1cccc(Oc2nc(Oc3cccc(C(C)C)c3)nc(Oc3cccc(C(C)C)c3)n2)c1. The molecule has 4 aromatic rings. The van der Waals surface area contributed by atoms with Crippen molar-refractivity contribution in [3.05, 3.63) is 89.5 Å². The fourth-order valence-corrected chi connectivity index (χ4v) is 3.70. The van der Waals surface area contributed by atoms with Crippen molar-refractivity contribution >= 4 is 0 Å². The van der Waals surface area contributed by atoms with Crippen LogP contribution in [0.5, 0.6) is 35.3 Å². The van der Waals surface area contributed by atoms with Crippen molar-refractivity contribution in [2.45, 2.75) is 59.3 Å². The Morgan fingerprint density at radius 1 is 0.583 bits per heavy atom. The zero-order valence-electron chi connectivity index (χ0n) is 21.6. The van der Waals surface area contributed by atoms with E-state index in [1.54, 1.807) is 0 Å². The van der Waals surface area contributed by atoms with E-state index in [0.717, 1.165) is 24.0 Å². The lowest BCUT2D eigenvalue weighted by atomic mass is 10.0. The monoisotopic (exact) mass is 483 g/mol. The van der Waals surface area contributed by atoms with Gasteiger partial charge in [0, 0.05) is 0 Å². The zero-order chi connectivity index (χ0) is 25.5. The standard InChI is InChI=1S/C30H33N3O3/c1-6-10-22-11-7-14-25(17-22)34-28-31-29(35-26-15-8-12-23(18-26)20(2)3)33-30(32-28)36-27-16-9-13-24(19-27)21(4)5/h7-9,11-21H,6,10H2,1-5H3. The highest BCUT2D eigenvalue weighted by atomic mass is 16.5. The van der Waals surface area contributed by atoms with Crippen molar-refractivity contribution in [2.24, 2.45) is 0 Å². The van der Waals surface area contributed by atoms with Gasteiger partial charge < -0.3 is 14.2 Å². The van der Waals surface area contributed by atoms with Crippen LogP contribution in [0.2, 0.25) is 0 Å². The maximum Gasteiger partial charge on any atom is 0.331 e. The number of nitrogens with zero attached hydrogens (tertiary/aromatic N) is 3. The first-order chi connectivity index (χ1) is 17.4. The highest BCUT2D eigenvalue weighted by Gasteiger charge is 2.14. The molecule has 0 aliphatic carbocycles. The number of benzene rings is 3. The molecule has 3 aromatic carbocycles. The molecule has 6 heteroatoms. The fraction of sp³-hybridized carbons (Fsp3) is 0.300. The van der Waals surface area contributed by atoms with E-state index in [1.807, 2.05) is 54.6 Å². The van der Waals surface area contributed by atoms with E-state index in [9.17, 15) is 0 Å². The van der Waals surface area contributed by atoms with Crippen LogP contribution in [-0.4, -0.2) is 15.0 Å². The molecule has 0 bridgehead atoms. The van der Waals surface area contributed by atoms with Gasteiger partial charge in [-0.3, -0.25) is 0 Å². The minimum Gasteiger partial charge on any atom is -0.424 e. The van der Waals surface area contributed by atoms with Gasteiger partial charge in [0.2, 0.25) is 0 Å². The van der Waals surface area contributed by atoms with Crippen molar-refractivity contribution in [2.75, 3.05) is 0 Å². The summed E-state index contributed by atoms with van der Waals surface area (Å²) in [4.78, 5) is 13.2. The van der Waals surface area contributed by atoms with Crippen LogP contribution in [0.1, 0.15) is 69.6 Å². The van der Waals surface area contributed by atoms with E-state index in [0.29, 0.717) is 29.1 Å². The quantitative estimate of drug-likeness (QED) is 0.225. The van der Waals surface area contributed by atoms with Gasteiger partial charge in [-0.15, -0.1) is 15.0 Å². The summed E-state index contributed by atoms with van der Waals surface area (Å²) >= 11 is 0. The lowest BCUT2D eigenvalue weighted by molar-refractivity contribution is 0.361. The summed E-state index contributed by atoms with van der Waals surface area (Å²) in [6.07, 6.45) is 2.02. The first-order valence-electron chi connectivity index (χ1n) is 12.5.